The molecule has 0 heterocycles. The summed E-state index contributed by atoms with van der Waals surface area (Å²) in [6.45, 7) is 14.6. The molecule has 4 rings (SSSR count). The third-order valence-corrected chi connectivity index (χ3v) is 10.4. The minimum atomic E-state index is -0.636. The zero-order valence-electron chi connectivity index (χ0n) is 24.7. The van der Waals surface area contributed by atoms with Gasteiger partial charge < -0.3 is 9.47 Å². The molecule has 0 radical (unpaired) electrons. The van der Waals surface area contributed by atoms with Crippen LogP contribution in [0, 0.1) is 34.5 Å². The van der Waals surface area contributed by atoms with Crippen LogP contribution in [-0.2, 0) is 23.9 Å². The minimum absolute atomic E-state index is 0.0599. The fourth-order valence-electron chi connectivity index (χ4n) is 8.16. The lowest BCUT2D eigenvalue weighted by Crippen LogP contribution is -2.43. The molecule has 0 amide bonds. The largest absolute Gasteiger partial charge is 0.458 e. The van der Waals surface area contributed by atoms with Crippen molar-refractivity contribution in [1.82, 2.24) is 0 Å². The number of hydrogen-bond donors (Lipinski definition) is 0. The maximum atomic E-state index is 14.5. The number of unbranched alkanes of at least 4 members (excludes halogenated alkanes) is 4. The maximum Gasteiger partial charge on any atom is 0.333 e. The highest BCUT2D eigenvalue weighted by atomic mass is 16.6. The van der Waals surface area contributed by atoms with Crippen LogP contribution in [0.15, 0.2) is 34.9 Å². The van der Waals surface area contributed by atoms with Crippen molar-refractivity contribution < 1.29 is 23.9 Å². The summed E-state index contributed by atoms with van der Waals surface area (Å²) in [6, 6.07) is 0. The van der Waals surface area contributed by atoms with E-state index in [0.29, 0.717) is 18.4 Å². The van der Waals surface area contributed by atoms with Gasteiger partial charge in [-0.1, -0.05) is 77.2 Å². The molecule has 2 bridgehead atoms. The average molecular weight is 525 g/mol. The van der Waals surface area contributed by atoms with Crippen LogP contribution in [0.3, 0.4) is 0 Å². The van der Waals surface area contributed by atoms with Gasteiger partial charge in [0.25, 0.3) is 0 Å². The molecule has 2 saturated carbocycles. The smallest absolute Gasteiger partial charge is 0.333 e. The van der Waals surface area contributed by atoms with E-state index in [1.165, 1.54) is 18.4 Å². The van der Waals surface area contributed by atoms with E-state index < -0.39 is 11.0 Å². The third-order valence-electron chi connectivity index (χ3n) is 10.4. The molecule has 0 N–H and O–H groups in total. The predicted molar refractivity (Wildman–Crippen MR) is 149 cm³/mol. The Hall–Kier alpha value is -2.17. The van der Waals surface area contributed by atoms with Gasteiger partial charge in [0.05, 0.1) is 5.41 Å². The molecule has 6 atom stereocenters. The van der Waals surface area contributed by atoms with Crippen LogP contribution in [0.25, 0.3) is 0 Å². The number of allylic oxidation sites excluding steroid dienone is 4. The summed E-state index contributed by atoms with van der Waals surface area (Å²) in [7, 11) is 0. The molecule has 4 aliphatic carbocycles. The lowest BCUT2D eigenvalue weighted by molar-refractivity contribution is -0.156. The van der Waals surface area contributed by atoms with Gasteiger partial charge in [-0.05, 0) is 63.9 Å². The number of rotatable bonds is 10. The number of hydrogen-bond acceptors (Lipinski definition) is 5. The topological polar surface area (TPSA) is 69.7 Å². The van der Waals surface area contributed by atoms with Crippen molar-refractivity contribution in [2.75, 3.05) is 6.61 Å². The molecule has 0 aromatic rings. The lowest BCUT2D eigenvalue weighted by atomic mass is 9.62. The van der Waals surface area contributed by atoms with Crippen molar-refractivity contribution in [2.24, 2.45) is 34.5 Å². The molecule has 0 aromatic heterocycles. The summed E-state index contributed by atoms with van der Waals surface area (Å²) in [4.78, 5) is 40.1. The maximum absolute atomic E-state index is 14.5. The second-order valence-electron chi connectivity index (χ2n) is 13.1. The van der Waals surface area contributed by atoms with Gasteiger partial charge >= 0.3 is 11.9 Å². The van der Waals surface area contributed by atoms with E-state index in [1.54, 1.807) is 13.0 Å². The molecule has 210 valence electrons. The number of esters is 2. The molecule has 5 nitrogen and oxygen atoms in total. The Morgan fingerprint density at radius 1 is 1.13 bits per heavy atom. The van der Waals surface area contributed by atoms with Gasteiger partial charge in [-0.3, -0.25) is 9.59 Å². The van der Waals surface area contributed by atoms with Gasteiger partial charge in [0.2, 0.25) is 0 Å². The van der Waals surface area contributed by atoms with Crippen molar-refractivity contribution >= 4 is 17.7 Å². The Morgan fingerprint density at radius 3 is 2.53 bits per heavy atom. The van der Waals surface area contributed by atoms with Crippen molar-refractivity contribution in [2.45, 2.75) is 112 Å². The Morgan fingerprint density at radius 2 is 1.84 bits per heavy atom. The highest BCUT2D eigenvalue weighted by Crippen LogP contribution is 2.74. The molecule has 4 aliphatic rings. The number of ether oxygens (including phenoxy) is 2. The van der Waals surface area contributed by atoms with Crippen molar-refractivity contribution in [3.8, 4) is 0 Å². The monoisotopic (exact) mass is 524 g/mol. The van der Waals surface area contributed by atoms with Crippen LogP contribution in [-0.4, -0.2) is 29.9 Å². The molecule has 0 aromatic carbocycles. The third kappa shape index (κ3) is 4.73. The van der Waals surface area contributed by atoms with E-state index in [2.05, 4.69) is 46.8 Å². The van der Waals surface area contributed by atoms with Gasteiger partial charge in [-0.2, -0.15) is 0 Å². The molecular weight excluding hydrogens is 476 g/mol. The lowest BCUT2D eigenvalue weighted by Gasteiger charge is -2.40. The number of fused-ring (bicyclic) bond motifs is 3. The van der Waals surface area contributed by atoms with Crippen molar-refractivity contribution in [1.29, 1.82) is 0 Å². The standard InChI is InChI=1S/C33H48O5/c1-8-10-11-12-13-14-27(34)38-33-19-23(5)32-18-21(3)15-25(32)16-24(20-37-30(36)22(4)9-2)17-26(29(32)35)28(33)31(33,6)7/h9,17-18,23,25-26,28H,8,10-16,19-20H2,1-7H3/b22-9+/t23-,25?,26?,28-,32?,33+/m1/s1. The molecule has 38 heavy (non-hydrogen) atoms. The summed E-state index contributed by atoms with van der Waals surface area (Å²) in [5.74, 6) is -0.384. The van der Waals surface area contributed by atoms with Gasteiger partial charge in [0, 0.05) is 29.2 Å². The first kappa shape index (κ1) is 28.8. The van der Waals surface area contributed by atoms with Crippen LogP contribution in [0.1, 0.15) is 106 Å². The molecule has 1 spiro atoms. The Bertz CT molecular complexity index is 1060. The van der Waals surface area contributed by atoms with E-state index in [1.807, 2.05) is 6.92 Å². The van der Waals surface area contributed by atoms with Crippen molar-refractivity contribution in [3.05, 3.63) is 34.9 Å². The minimum Gasteiger partial charge on any atom is -0.458 e. The van der Waals surface area contributed by atoms with Crippen LogP contribution in [0.2, 0.25) is 0 Å². The highest BCUT2D eigenvalue weighted by molar-refractivity contribution is 5.94. The fraction of sp³-hybridized carbons (Fsp3) is 0.727. The Balaban J connectivity index is 1.64. The SMILES string of the molecule is C/C=C(\C)C(=O)OCC1=CC2C(=O)C3(C=C(C)CC3C1)[C@H](C)C[C@]1(OC(=O)CCCCCCC)[C@H]2C1(C)C. The number of carbonyl (C=O) groups excluding carboxylic acids is 3. The van der Waals surface area contributed by atoms with Crippen LogP contribution < -0.4 is 0 Å². The average Bonchev–Trinajstić information content (AvgIpc) is 3.18. The normalized spacial score (nSPS) is 35.2. The second kappa shape index (κ2) is 10.8. The Labute approximate surface area is 229 Å². The molecule has 0 saturated heterocycles. The predicted octanol–water partition coefficient (Wildman–Crippen LogP) is 7.30. The first-order valence-corrected chi connectivity index (χ1v) is 14.9. The van der Waals surface area contributed by atoms with Gasteiger partial charge in [-0.15, -0.1) is 0 Å². The Kier molecular flexibility index (Phi) is 8.17. The van der Waals surface area contributed by atoms with Gasteiger partial charge in [-0.25, -0.2) is 4.79 Å². The van der Waals surface area contributed by atoms with E-state index >= 15 is 0 Å². The highest BCUT2D eigenvalue weighted by Gasteiger charge is 2.80. The number of Topliss-reactive ketones (excluding diaryl/α,β-unsaturated/α-hetero) is 1. The molecule has 2 fully saturated rings. The molecular formula is C33H48O5. The number of carbonyl (C=O) groups is 3. The van der Waals surface area contributed by atoms with E-state index in [-0.39, 0.29) is 53.4 Å². The van der Waals surface area contributed by atoms with Gasteiger partial charge in [0.1, 0.15) is 12.2 Å². The van der Waals surface area contributed by atoms with Crippen LogP contribution in [0.5, 0.6) is 0 Å². The summed E-state index contributed by atoms with van der Waals surface area (Å²) < 4.78 is 12.1. The molecule has 5 heteroatoms. The summed E-state index contributed by atoms with van der Waals surface area (Å²) in [5.41, 5.74) is 1.37. The zero-order chi connectivity index (χ0) is 27.9. The van der Waals surface area contributed by atoms with Gasteiger partial charge in [0.15, 0.2) is 5.78 Å². The molecule has 3 unspecified atom stereocenters. The quantitative estimate of drug-likeness (QED) is 0.130. The van der Waals surface area contributed by atoms with E-state index in [4.69, 9.17) is 9.47 Å². The van der Waals surface area contributed by atoms with E-state index in [0.717, 1.165) is 37.7 Å². The molecule has 0 aliphatic heterocycles. The fourth-order valence-corrected chi connectivity index (χ4v) is 8.16. The van der Waals surface area contributed by atoms with E-state index in [9.17, 15) is 14.4 Å². The number of ketones is 1. The first-order valence-electron chi connectivity index (χ1n) is 14.9. The van der Waals surface area contributed by atoms with Crippen LogP contribution in [0.4, 0.5) is 0 Å². The first-order chi connectivity index (χ1) is 17.9. The summed E-state index contributed by atoms with van der Waals surface area (Å²) in [6.07, 6.45) is 14.3. The summed E-state index contributed by atoms with van der Waals surface area (Å²) in [5, 5.41) is 0. The van der Waals surface area contributed by atoms with Crippen molar-refractivity contribution in [3.63, 3.8) is 0 Å². The second-order valence-corrected chi connectivity index (χ2v) is 13.1. The van der Waals surface area contributed by atoms with Crippen LogP contribution >= 0.6 is 0 Å². The summed E-state index contributed by atoms with van der Waals surface area (Å²) >= 11 is 0. The zero-order valence-corrected chi connectivity index (χ0v) is 24.7.